The molecule has 1 aromatic rings. The van der Waals surface area contributed by atoms with Crippen molar-refractivity contribution in [3.63, 3.8) is 0 Å². The Morgan fingerprint density at radius 3 is 2.89 bits per heavy atom. The van der Waals surface area contributed by atoms with Crippen molar-refractivity contribution in [1.82, 2.24) is 0 Å². The van der Waals surface area contributed by atoms with Crippen LogP contribution in [-0.2, 0) is 4.74 Å². The number of esters is 1. The molecule has 0 saturated carbocycles. The van der Waals surface area contributed by atoms with Crippen LogP contribution >= 0.6 is 11.6 Å². The highest BCUT2D eigenvalue weighted by molar-refractivity contribution is 6.34. The fourth-order valence-electron chi connectivity index (χ4n) is 2.58. The molecule has 104 valence electrons. The van der Waals surface area contributed by atoms with Gasteiger partial charge in [-0.15, -0.1) is 0 Å². The average molecular weight is 283 g/mol. The van der Waals surface area contributed by atoms with E-state index in [1.54, 1.807) is 12.1 Å². The Morgan fingerprint density at radius 2 is 2.32 bits per heavy atom. The van der Waals surface area contributed by atoms with Gasteiger partial charge in [0, 0.05) is 18.8 Å². The number of carbonyl (C=O) groups is 1. The van der Waals surface area contributed by atoms with Gasteiger partial charge in [-0.2, -0.15) is 0 Å². The molecule has 0 aliphatic carbocycles. The van der Waals surface area contributed by atoms with E-state index in [1.807, 2.05) is 0 Å². The second-order valence-corrected chi connectivity index (χ2v) is 5.31. The van der Waals surface area contributed by atoms with Crippen molar-refractivity contribution in [3.8, 4) is 0 Å². The summed E-state index contributed by atoms with van der Waals surface area (Å²) in [6.45, 7) is 4.01. The van der Waals surface area contributed by atoms with Crippen LogP contribution in [0.5, 0.6) is 0 Å². The lowest BCUT2D eigenvalue weighted by Crippen LogP contribution is -2.23. The van der Waals surface area contributed by atoms with Crippen LogP contribution in [-0.4, -0.2) is 26.2 Å². The Labute approximate surface area is 118 Å². The Balaban J connectivity index is 2.41. The molecule has 0 spiro atoms. The number of nitrogens with zero attached hydrogens (tertiary/aromatic N) is 1. The zero-order valence-electron chi connectivity index (χ0n) is 11.3. The Kier molecular flexibility index (Phi) is 4.20. The normalized spacial score (nSPS) is 18.7. The van der Waals surface area contributed by atoms with Gasteiger partial charge in [-0.3, -0.25) is 0 Å². The highest BCUT2D eigenvalue weighted by Crippen LogP contribution is 2.36. The van der Waals surface area contributed by atoms with Crippen LogP contribution in [0, 0.1) is 5.92 Å². The predicted molar refractivity (Wildman–Crippen MR) is 77.8 cm³/mol. The van der Waals surface area contributed by atoms with Crippen molar-refractivity contribution in [2.24, 2.45) is 5.92 Å². The van der Waals surface area contributed by atoms with Crippen molar-refractivity contribution in [2.75, 3.05) is 30.8 Å². The number of hydrogen-bond acceptors (Lipinski definition) is 4. The molecule has 19 heavy (non-hydrogen) atoms. The third-order valence-corrected chi connectivity index (χ3v) is 3.96. The minimum absolute atomic E-state index is 0.399. The molecule has 5 heteroatoms. The summed E-state index contributed by atoms with van der Waals surface area (Å²) in [5.74, 6) is 0.253. The third-order valence-electron chi connectivity index (χ3n) is 3.67. The molecule has 1 aliphatic rings. The highest BCUT2D eigenvalue weighted by atomic mass is 35.5. The number of nitrogen functional groups attached to an aromatic ring is 1. The molecule has 1 aromatic carbocycles. The van der Waals surface area contributed by atoms with Crippen molar-refractivity contribution < 1.29 is 9.53 Å². The van der Waals surface area contributed by atoms with E-state index in [-0.39, 0.29) is 0 Å². The van der Waals surface area contributed by atoms with Crippen molar-refractivity contribution in [3.05, 3.63) is 22.7 Å². The van der Waals surface area contributed by atoms with Crippen LogP contribution in [0.2, 0.25) is 5.02 Å². The maximum absolute atomic E-state index is 11.9. The van der Waals surface area contributed by atoms with E-state index in [0.717, 1.165) is 31.6 Å². The lowest BCUT2D eigenvalue weighted by atomic mass is 10.1. The van der Waals surface area contributed by atoms with Crippen LogP contribution in [0.4, 0.5) is 11.4 Å². The molecule has 0 bridgehead atoms. The molecule has 1 aliphatic heterocycles. The van der Waals surface area contributed by atoms with E-state index in [4.69, 9.17) is 22.1 Å². The van der Waals surface area contributed by atoms with Gasteiger partial charge >= 0.3 is 5.97 Å². The molecule has 1 unspecified atom stereocenters. The van der Waals surface area contributed by atoms with Gasteiger partial charge < -0.3 is 15.4 Å². The number of ether oxygens (including phenoxy) is 1. The van der Waals surface area contributed by atoms with Crippen LogP contribution < -0.4 is 10.6 Å². The number of anilines is 2. The smallest absolute Gasteiger partial charge is 0.340 e. The van der Waals surface area contributed by atoms with Gasteiger partial charge in [0.05, 0.1) is 23.4 Å². The van der Waals surface area contributed by atoms with E-state index in [9.17, 15) is 4.79 Å². The summed E-state index contributed by atoms with van der Waals surface area (Å²) in [7, 11) is 1.36. The minimum atomic E-state index is -0.399. The van der Waals surface area contributed by atoms with Crippen LogP contribution in [0.3, 0.4) is 0 Å². The first-order valence-electron chi connectivity index (χ1n) is 6.49. The Bertz CT molecular complexity index is 491. The van der Waals surface area contributed by atoms with Crippen LogP contribution in [0.15, 0.2) is 12.1 Å². The zero-order valence-corrected chi connectivity index (χ0v) is 12.0. The zero-order chi connectivity index (χ0) is 14.0. The second-order valence-electron chi connectivity index (χ2n) is 4.90. The first-order valence-corrected chi connectivity index (χ1v) is 6.86. The largest absolute Gasteiger partial charge is 0.465 e. The summed E-state index contributed by atoms with van der Waals surface area (Å²) in [5, 5.41) is 0.511. The summed E-state index contributed by atoms with van der Waals surface area (Å²) in [6.07, 6.45) is 2.26. The third kappa shape index (κ3) is 2.78. The number of rotatable bonds is 3. The first kappa shape index (κ1) is 14.0. The van der Waals surface area contributed by atoms with E-state index >= 15 is 0 Å². The summed E-state index contributed by atoms with van der Waals surface area (Å²) in [6, 6.07) is 3.31. The molecule has 0 amide bonds. The standard InChI is InChI=1S/C14H19ClN2O2/c1-3-9-4-5-17(8-9)13-11(14(18)19-2)6-10(16)7-12(13)15/h6-7,9H,3-5,8,16H2,1-2H3. The van der Waals surface area contributed by atoms with E-state index in [1.165, 1.54) is 7.11 Å². The maximum atomic E-state index is 11.9. The molecule has 1 heterocycles. The number of benzene rings is 1. The quantitative estimate of drug-likeness (QED) is 0.684. The lowest BCUT2D eigenvalue weighted by molar-refractivity contribution is 0.0601. The summed E-state index contributed by atoms with van der Waals surface area (Å²) in [4.78, 5) is 14.0. The number of methoxy groups -OCH3 is 1. The first-order chi connectivity index (χ1) is 9.06. The minimum Gasteiger partial charge on any atom is -0.465 e. The lowest BCUT2D eigenvalue weighted by Gasteiger charge is -2.23. The molecular formula is C14H19ClN2O2. The molecule has 1 atom stereocenters. The van der Waals surface area contributed by atoms with Gasteiger partial charge in [0.25, 0.3) is 0 Å². The van der Waals surface area contributed by atoms with Gasteiger partial charge in [0.2, 0.25) is 0 Å². The van der Waals surface area contributed by atoms with Gasteiger partial charge in [-0.05, 0) is 24.5 Å². The van der Waals surface area contributed by atoms with E-state index < -0.39 is 5.97 Å². The van der Waals surface area contributed by atoms with E-state index in [2.05, 4.69) is 11.8 Å². The molecule has 2 N–H and O–H groups in total. The van der Waals surface area contributed by atoms with Crippen LogP contribution in [0.1, 0.15) is 30.1 Å². The van der Waals surface area contributed by atoms with Crippen molar-refractivity contribution >= 4 is 28.9 Å². The Hall–Kier alpha value is -1.42. The summed E-state index contributed by atoms with van der Waals surface area (Å²) >= 11 is 6.28. The maximum Gasteiger partial charge on any atom is 0.340 e. The summed E-state index contributed by atoms with van der Waals surface area (Å²) in [5.41, 5.74) is 7.43. The number of halogens is 1. The molecule has 0 radical (unpaired) electrons. The topological polar surface area (TPSA) is 55.6 Å². The van der Waals surface area contributed by atoms with Gasteiger partial charge in [-0.25, -0.2) is 4.79 Å². The van der Waals surface area contributed by atoms with E-state index in [0.29, 0.717) is 22.2 Å². The molecule has 4 nitrogen and oxygen atoms in total. The molecular weight excluding hydrogens is 264 g/mol. The Morgan fingerprint density at radius 1 is 1.58 bits per heavy atom. The summed E-state index contributed by atoms with van der Waals surface area (Å²) < 4.78 is 4.82. The van der Waals surface area contributed by atoms with Crippen molar-refractivity contribution in [1.29, 1.82) is 0 Å². The number of nitrogens with two attached hydrogens (primary N) is 1. The highest BCUT2D eigenvalue weighted by Gasteiger charge is 2.27. The van der Waals surface area contributed by atoms with Crippen molar-refractivity contribution in [2.45, 2.75) is 19.8 Å². The SMILES string of the molecule is CCC1CCN(c2c(Cl)cc(N)cc2C(=O)OC)C1. The fourth-order valence-corrected chi connectivity index (χ4v) is 2.92. The molecule has 2 rings (SSSR count). The van der Waals surface area contributed by atoms with Crippen LogP contribution in [0.25, 0.3) is 0 Å². The molecule has 0 aromatic heterocycles. The van der Waals surface area contributed by atoms with Gasteiger partial charge in [0.1, 0.15) is 0 Å². The number of hydrogen-bond donors (Lipinski definition) is 1. The van der Waals surface area contributed by atoms with Gasteiger partial charge in [-0.1, -0.05) is 24.9 Å². The fraction of sp³-hybridized carbons (Fsp3) is 0.500. The predicted octanol–water partition coefficient (Wildman–Crippen LogP) is 2.95. The molecule has 1 saturated heterocycles. The second kappa shape index (κ2) is 5.70. The van der Waals surface area contributed by atoms with Gasteiger partial charge in [0.15, 0.2) is 0 Å². The number of carbonyl (C=O) groups excluding carboxylic acids is 1. The molecule has 1 fully saturated rings. The monoisotopic (exact) mass is 282 g/mol. The average Bonchev–Trinajstić information content (AvgIpc) is 2.85.